The van der Waals surface area contributed by atoms with Gasteiger partial charge < -0.3 is 4.90 Å². The number of nitro groups is 1. The van der Waals surface area contributed by atoms with Crippen LogP contribution in [0.3, 0.4) is 0 Å². The van der Waals surface area contributed by atoms with Crippen LogP contribution in [-0.2, 0) is 0 Å². The van der Waals surface area contributed by atoms with Crippen molar-refractivity contribution in [3.05, 3.63) is 15.8 Å². The largest absolute Gasteiger partial charge is 0.351 e. The molecule has 0 spiro atoms. The second kappa shape index (κ2) is 6.21. The summed E-state index contributed by atoms with van der Waals surface area (Å²) in [6, 6.07) is 0.257. The lowest BCUT2D eigenvalue weighted by Gasteiger charge is -2.34. The lowest BCUT2D eigenvalue weighted by molar-refractivity contribution is -0.385. The van der Waals surface area contributed by atoms with Crippen molar-refractivity contribution in [2.75, 3.05) is 17.4 Å². The van der Waals surface area contributed by atoms with Crippen LogP contribution in [0.15, 0.2) is 0 Å². The summed E-state index contributed by atoms with van der Waals surface area (Å²) in [5.74, 6) is 6.51. The third-order valence-electron chi connectivity index (χ3n) is 4.14. The predicted octanol–water partition coefficient (Wildman–Crippen LogP) is 1.99. The third kappa shape index (κ3) is 3.21. The van der Waals surface area contributed by atoms with E-state index in [1.807, 2.05) is 11.9 Å². The molecule has 1 aliphatic rings. The number of hydrazine groups is 1. The second-order valence-electron chi connectivity index (χ2n) is 5.74. The van der Waals surface area contributed by atoms with Gasteiger partial charge in [0.1, 0.15) is 5.69 Å². The van der Waals surface area contributed by atoms with Crippen LogP contribution in [0, 0.1) is 23.0 Å². The minimum atomic E-state index is -0.423. The standard InChI is InChI=1S/C13H22N6O2/c1-8-5-4-6-10(7-8)18(3)12-11(19(20)21)9(2)15-13(16-12)17-14/h8,10H,4-7,14H2,1-3H3,(H,15,16,17). The molecule has 2 unspecified atom stereocenters. The average Bonchev–Trinajstić information content (AvgIpc) is 2.45. The molecule has 116 valence electrons. The van der Waals surface area contributed by atoms with Crippen molar-refractivity contribution in [3.63, 3.8) is 0 Å². The van der Waals surface area contributed by atoms with E-state index >= 15 is 0 Å². The molecule has 8 heteroatoms. The lowest BCUT2D eigenvalue weighted by atomic mass is 9.86. The predicted molar refractivity (Wildman–Crippen MR) is 81.1 cm³/mol. The SMILES string of the molecule is Cc1nc(NN)nc(N(C)C2CCCC(C)C2)c1[N+](=O)[O-]. The van der Waals surface area contributed by atoms with E-state index < -0.39 is 4.92 Å². The molecule has 8 nitrogen and oxygen atoms in total. The summed E-state index contributed by atoms with van der Waals surface area (Å²) in [6.45, 7) is 3.81. The van der Waals surface area contributed by atoms with Gasteiger partial charge in [0.05, 0.1) is 4.92 Å². The number of hydrogen-bond donors (Lipinski definition) is 2. The van der Waals surface area contributed by atoms with Gasteiger partial charge >= 0.3 is 5.69 Å². The van der Waals surface area contributed by atoms with Gasteiger partial charge in [-0.25, -0.2) is 10.8 Å². The van der Waals surface area contributed by atoms with E-state index in [0.29, 0.717) is 17.4 Å². The summed E-state index contributed by atoms with van der Waals surface area (Å²) >= 11 is 0. The lowest BCUT2D eigenvalue weighted by Crippen LogP contribution is -2.36. The molecule has 2 rings (SSSR count). The summed E-state index contributed by atoms with van der Waals surface area (Å²) < 4.78 is 0. The average molecular weight is 294 g/mol. The zero-order valence-electron chi connectivity index (χ0n) is 12.7. The van der Waals surface area contributed by atoms with Crippen molar-refractivity contribution >= 4 is 17.5 Å². The third-order valence-corrected chi connectivity index (χ3v) is 4.14. The highest BCUT2D eigenvalue weighted by atomic mass is 16.6. The number of nitrogen functional groups attached to an aromatic ring is 1. The summed E-state index contributed by atoms with van der Waals surface area (Å²) in [4.78, 5) is 21.0. The Kier molecular flexibility index (Phi) is 4.56. The fourth-order valence-corrected chi connectivity index (χ4v) is 3.00. The monoisotopic (exact) mass is 294 g/mol. The normalized spacial score (nSPS) is 21.9. The number of aromatic nitrogens is 2. The minimum absolute atomic E-state index is 0.0465. The van der Waals surface area contributed by atoms with E-state index in [1.165, 1.54) is 6.42 Å². The van der Waals surface area contributed by atoms with Gasteiger partial charge in [-0.15, -0.1) is 0 Å². The summed E-state index contributed by atoms with van der Waals surface area (Å²) in [5, 5.41) is 11.3. The van der Waals surface area contributed by atoms with E-state index in [1.54, 1.807) is 6.92 Å². The zero-order chi connectivity index (χ0) is 15.6. The van der Waals surface area contributed by atoms with E-state index in [-0.39, 0.29) is 17.7 Å². The van der Waals surface area contributed by atoms with Gasteiger partial charge in [0.2, 0.25) is 11.8 Å². The smallest absolute Gasteiger partial charge is 0.332 e. The molecule has 0 bridgehead atoms. The Labute approximate surface area is 123 Å². The Morgan fingerprint density at radius 3 is 2.71 bits per heavy atom. The van der Waals surface area contributed by atoms with Crippen LogP contribution in [0.5, 0.6) is 0 Å². The Morgan fingerprint density at radius 1 is 1.43 bits per heavy atom. The highest BCUT2D eigenvalue weighted by Crippen LogP contribution is 2.34. The first kappa shape index (κ1) is 15.4. The van der Waals surface area contributed by atoms with Gasteiger partial charge in [-0.3, -0.25) is 15.5 Å². The van der Waals surface area contributed by atoms with E-state index in [9.17, 15) is 10.1 Å². The topological polar surface area (TPSA) is 110 Å². The molecule has 1 heterocycles. The van der Waals surface area contributed by atoms with Crippen LogP contribution in [0.2, 0.25) is 0 Å². The van der Waals surface area contributed by atoms with Crippen LogP contribution < -0.4 is 16.2 Å². The highest BCUT2D eigenvalue weighted by Gasteiger charge is 2.30. The molecular formula is C13H22N6O2. The van der Waals surface area contributed by atoms with Crippen LogP contribution in [0.1, 0.15) is 38.3 Å². The van der Waals surface area contributed by atoms with Crippen LogP contribution in [0.25, 0.3) is 0 Å². The fraction of sp³-hybridized carbons (Fsp3) is 0.692. The molecule has 0 saturated heterocycles. The molecular weight excluding hydrogens is 272 g/mol. The minimum Gasteiger partial charge on any atom is -0.351 e. The molecule has 1 aromatic heterocycles. The first-order valence-electron chi connectivity index (χ1n) is 7.16. The van der Waals surface area contributed by atoms with Crippen molar-refractivity contribution in [2.24, 2.45) is 11.8 Å². The molecule has 1 saturated carbocycles. The first-order chi connectivity index (χ1) is 9.93. The molecule has 1 aromatic rings. The van der Waals surface area contributed by atoms with Gasteiger partial charge in [0.25, 0.3) is 0 Å². The van der Waals surface area contributed by atoms with E-state index in [2.05, 4.69) is 22.3 Å². The van der Waals surface area contributed by atoms with Crippen LogP contribution in [-0.4, -0.2) is 28.0 Å². The van der Waals surface area contributed by atoms with Crippen molar-refractivity contribution < 1.29 is 4.92 Å². The van der Waals surface area contributed by atoms with Crippen molar-refractivity contribution in [3.8, 4) is 0 Å². The molecule has 0 aliphatic heterocycles. The number of hydrogen-bond acceptors (Lipinski definition) is 7. The molecule has 2 atom stereocenters. The first-order valence-corrected chi connectivity index (χ1v) is 7.16. The second-order valence-corrected chi connectivity index (χ2v) is 5.74. The summed E-state index contributed by atoms with van der Waals surface area (Å²) in [7, 11) is 1.86. The maximum absolute atomic E-state index is 11.3. The quantitative estimate of drug-likeness (QED) is 0.496. The van der Waals surface area contributed by atoms with Gasteiger partial charge in [-0.2, -0.15) is 4.98 Å². The molecule has 3 N–H and O–H groups in total. The maximum atomic E-state index is 11.3. The zero-order valence-corrected chi connectivity index (χ0v) is 12.7. The van der Waals surface area contributed by atoms with Gasteiger partial charge in [0, 0.05) is 13.1 Å². The van der Waals surface area contributed by atoms with Crippen molar-refractivity contribution in [2.45, 2.75) is 45.6 Å². The molecule has 0 aromatic carbocycles. The van der Waals surface area contributed by atoms with E-state index in [0.717, 1.165) is 19.3 Å². The maximum Gasteiger partial charge on any atom is 0.332 e. The number of anilines is 2. The van der Waals surface area contributed by atoms with Crippen molar-refractivity contribution in [1.82, 2.24) is 9.97 Å². The van der Waals surface area contributed by atoms with Gasteiger partial charge in [-0.05, 0) is 25.7 Å². The van der Waals surface area contributed by atoms with Gasteiger partial charge in [0.15, 0.2) is 0 Å². The summed E-state index contributed by atoms with van der Waals surface area (Å²) in [6.07, 6.45) is 4.38. The number of nitrogens with two attached hydrogens (primary N) is 1. The van der Waals surface area contributed by atoms with E-state index in [4.69, 9.17) is 5.84 Å². The molecule has 0 amide bonds. The van der Waals surface area contributed by atoms with Gasteiger partial charge in [-0.1, -0.05) is 19.8 Å². The number of rotatable bonds is 4. The van der Waals surface area contributed by atoms with Crippen molar-refractivity contribution in [1.29, 1.82) is 0 Å². The Balaban J connectivity index is 2.40. The Bertz CT molecular complexity index is 536. The number of aryl methyl sites for hydroxylation is 1. The number of nitrogens with one attached hydrogen (secondary N) is 1. The van der Waals surface area contributed by atoms with Crippen LogP contribution >= 0.6 is 0 Å². The Hall–Kier alpha value is -1.96. The molecule has 21 heavy (non-hydrogen) atoms. The number of nitrogens with zero attached hydrogens (tertiary/aromatic N) is 4. The fourth-order valence-electron chi connectivity index (χ4n) is 3.00. The summed E-state index contributed by atoms with van der Waals surface area (Å²) in [5.41, 5.74) is 2.64. The highest BCUT2D eigenvalue weighted by molar-refractivity contribution is 5.62. The molecule has 1 fully saturated rings. The molecule has 0 radical (unpaired) electrons. The van der Waals surface area contributed by atoms with Crippen LogP contribution in [0.4, 0.5) is 17.5 Å². The molecule has 1 aliphatic carbocycles. The Morgan fingerprint density at radius 2 is 2.14 bits per heavy atom.